The number of aryl methyl sites for hydroxylation is 1. The number of carbonyl (C=O) groups excluding carboxylic acids is 1. The number of benzene rings is 2. The van der Waals surface area contributed by atoms with E-state index in [1.807, 2.05) is 32.0 Å². The average molecular weight is 525 g/mol. The van der Waals surface area contributed by atoms with Crippen LogP contribution in [-0.4, -0.2) is 37.4 Å². The highest BCUT2D eigenvalue weighted by atomic mass is 16.7. The van der Waals surface area contributed by atoms with E-state index in [9.17, 15) is 4.79 Å². The fraction of sp³-hybridized carbons (Fsp3) is 0.618. The molecule has 2 aromatic rings. The van der Waals surface area contributed by atoms with Crippen molar-refractivity contribution in [2.45, 2.75) is 111 Å². The van der Waals surface area contributed by atoms with Gasteiger partial charge in [-0.05, 0) is 31.4 Å². The van der Waals surface area contributed by atoms with E-state index in [1.54, 1.807) is 0 Å². The summed E-state index contributed by atoms with van der Waals surface area (Å²) in [6.07, 6.45) is 14.4. The Morgan fingerprint density at radius 1 is 0.789 bits per heavy atom. The lowest BCUT2D eigenvalue weighted by atomic mass is 10.0. The van der Waals surface area contributed by atoms with Crippen LogP contribution in [0.5, 0.6) is 5.75 Å². The summed E-state index contributed by atoms with van der Waals surface area (Å²) in [5.74, 6) is 0.437. The van der Waals surface area contributed by atoms with Gasteiger partial charge in [-0.15, -0.1) is 0 Å². The number of rotatable bonds is 20. The second-order valence-electron chi connectivity index (χ2n) is 11.6. The first-order chi connectivity index (χ1) is 18.3. The van der Waals surface area contributed by atoms with Crippen molar-refractivity contribution in [2.75, 3.05) is 20.6 Å². The molecule has 0 radical (unpaired) electrons. The summed E-state index contributed by atoms with van der Waals surface area (Å²) in [5, 5.41) is 0. The van der Waals surface area contributed by atoms with E-state index in [4.69, 9.17) is 9.47 Å². The maximum atomic E-state index is 13.0. The van der Waals surface area contributed by atoms with E-state index in [-0.39, 0.29) is 11.9 Å². The van der Waals surface area contributed by atoms with Crippen LogP contribution in [0.1, 0.15) is 103 Å². The first kappa shape index (κ1) is 31.9. The van der Waals surface area contributed by atoms with Gasteiger partial charge in [-0.2, -0.15) is 0 Å². The number of carbonyl (C=O) groups is 1. The zero-order valence-electron chi connectivity index (χ0n) is 24.9. The number of quaternary nitrogens is 1. The molecule has 2 aromatic carbocycles. The molecule has 0 aliphatic carbocycles. The van der Waals surface area contributed by atoms with Crippen molar-refractivity contribution in [3.8, 4) is 5.75 Å². The van der Waals surface area contributed by atoms with Gasteiger partial charge in [0.25, 0.3) is 0 Å². The highest BCUT2D eigenvalue weighted by Crippen LogP contribution is 2.24. The number of nitrogens with zero attached hydrogens (tertiary/aromatic N) is 1. The average Bonchev–Trinajstić information content (AvgIpc) is 2.90. The van der Waals surface area contributed by atoms with E-state index < -0.39 is 6.29 Å². The Labute approximate surface area is 233 Å². The molecule has 2 atom stereocenters. The largest absolute Gasteiger partial charge is 0.455 e. The molecule has 0 saturated heterocycles. The van der Waals surface area contributed by atoms with Crippen molar-refractivity contribution < 1.29 is 18.8 Å². The lowest BCUT2D eigenvalue weighted by Gasteiger charge is -2.32. The van der Waals surface area contributed by atoms with E-state index in [0.29, 0.717) is 13.0 Å². The maximum Gasteiger partial charge on any atom is 0.317 e. The van der Waals surface area contributed by atoms with Gasteiger partial charge in [0.15, 0.2) is 0 Å². The second-order valence-corrected chi connectivity index (χ2v) is 11.6. The second kappa shape index (κ2) is 18.0. The predicted octanol–water partition coefficient (Wildman–Crippen LogP) is 8.72. The van der Waals surface area contributed by atoms with E-state index in [0.717, 1.165) is 29.6 Å². The lowest BCUT2D eigenvalue weighted by Crippen LogP contribution is -2.44. The minimum Gasteiger partial charge on any atom is -0.455 e. The van der Waals surface area contributed by atoms with Gasteiger partial charge in [-0.1, -0.05) is 120 Å². The van der Waals surface area contributed by atoms with Gasteiger partial charge in [-0.3, -0.25) is 4.79 Å². The van der Waals surface area contributed by atoms with Crippen LogP contribution >= 0.6 is 0 Å². The van der Waals surface area contributed by atoms with E-state index in [2.05, 4.69) is 57.4 Å². The highest BCUT2D eigenvalue weighted by molar-refractivity contribution is 5.72. The van der Waals surface area contributed by atoms with Crippen molar-refractivity contribution >= 4 is 5.97 Å². The van der Waals surface area contributed by atoms with Gasteiger partial charge in [0, 0.05) is 12.0 Å². The molecule has 0 aliphatic rings. The summed E-state index contributed by atoms with van der Waals surface area (Å²) in [6, 6.07) is 18.6. The SMILES string of the molecule is CCCCCCCCCCCCc1ccccc1OC(CC)OC(=O)C(C)C[N+](C)(C)Cc1ccccc1. The summed E-state index contributed by atoms with van der Waals surface area (Å²) in [6.45, 7) is 7.81. The smallest absolute Gasteiger partial charge is 0.317 e. The zero-order chi connectivity index (χ0) is 27.6. The van der Waals surface area contributed by atoms with Gasteiger partial charge in [-0.25, -0.2) is 0 Å². The van der Waals surface area contributed by atoms with E-state index in [1.165, 1.54) is 68.9 Å². The van der Waals surface area contributed by atoms with Crippen LogP contribution < -0.4 is 4.74 Å². The first-order valence-corrected chi connectivity index (χ1v) is 15.2. The Bertz CT molecular complexity index is 896. The summed E-state index contributed by atoms with van der Waals surface area (Å²) in [7, 11) is 4.32. The molecule has 0 bridgehead atoms. The summed E-state index contributed by atoms with van der Waals surface area (Å²) in [5.41, 5.74) is 2.47. The molecule has 0 saturated carbocycles. The van der Waals surface area contributed by atoms with Crippen LogP contribution in [0, 0.1) is 5.92 Å². The number of hydrogen-bond donors (Lipinski definition) is 0. The molecule has 4 heteroatoms. The highest BCUT2D eigenvalue weighted by Gasteiger charge is 2.28. The van der Waals surface area contributed by atoms with Crippen LogP contribution in [0.4, 0.5) is 0 Å². The number of esters is 1. The molecule has 38 heavy (non-hydrogen) atoms. The quantitative estimate of drug-likeness (QED) is 0.0752. The first-order valence-electron chi connectivity index (χ1n) is 15.2. The molecule has 2 unspecified atom stereocenters. The van der Waals surface area contributed by atoms with Gasteiger partial charge in [0.1, 0.15) is 18.2 Å². The van der Waals surface area contributed by atoms with Gasteiger partial charge < -0.3 is 14.0 Å². The van der Waals surface area contributed by atoms with Gasteiger partial charge in [0.05, 0.1) is 20.6 Å². The predicted molar refractivity (Wildman–Crippen MR) is 159 cm³/mol. The third-order valence-electron chi connectivity index (χ3n) is 7.24. The zero-order valence-corrected chi connectivity index (χ0v) is 24.9. The third-order valence-corrected chi connectivity index (χ3v) is 7.24. The third kappa shape index (κ3) is 13.0. The van der Waals surface area contributed by atoms with Crippen molar-refractivity contribution in [3.05, 3.63) is 65.7 Å². The summed E-state index contributed by atoms with van der Waals surface area (Å²) in [4.78, 5) is 13.0. The molecular weight excluding hydrogens is 470 g/mol. The van der Waals surface area contributed by atoms with Gasteiger partial charge >= 0.3 is 5.97 Å². The Hall–Kier alpha value is -2.33. The molecule has 0 spiro atoms. The monoisotopic (exact) mass is 524 g/mol. The van der Waals surface area contributed by atoms with Crippen LogP contribution in [0.25, 0.3) is 0 Å². The van der Waals surface area contributed by atoms with Crippen LogP contribution in [0.3, 0.4) is 0 Å². The lowest BCUT2D eigenvalue weighted by molar-refractivity contribution is -0.905. The molecule has 212 valence electrons. The fourth-order valence-corrected chi connectivity index (χ4v) is 5.16. The molecule has 0 aromatic heterocycles. The van der Waals surface area contributed by atoms with Crippen molar-refractivity contribution in [1.29, 1.82) is 0 Å². The number of para-hydroxylation sites is 1. The van der Waals surface area contributed by atoms with Crippen molar-refractivity contribution in [2.24, 2.45) is 5.92 Å². The van der Waals surface area contributed by atoms with Crippen LogP contribution in [-0.2, 0) is 22.5 Å². The molecule has 0 fully saturated rings. The molecule has 0 heterocycles. The van der Waals surface area contributed by atoms with Crippen LogP contribution in [0.2, 0.25) is 0 Å². The normalized spacial score (nSPS) is 13.2. The Kier molecular flexibility index (Phi) is 15.1. The van der Waals surface area contributed by atoms with Crippen LogP contribution in [0.15, 0.2) is 54.6 Å². The van der Waals surface area contributed by atoms with Gasteiger partial charge in [0.2, 0.25) is 6.29 Å². The maximum absolute atomic E-state index is 13.0. The van der Waals surface area contributed by atoms with Crippen molar-refractivity contribution in [1.82, 2.24) is 0 Å². The minimum atomic E-state index is -0.566. The molecule has 0 N–H and O–H groups in total. The molecule has 0 aliphatic heterocycles. The fourth-order valence-electron chi connectivity index (χ4n) is 5.16. The Balaban J connectivity index is 1.77. The summed E-state index contributed by atoms with van der Waals surface area (Å²) >= 11 is 0. The number of unbranched alkanes of at least 4 members (excludes halogenated alkanes) is 9. The number of ether oxygens (including phenoxy) is 2. The molecular formula is C34H54NO3+. The standard InChI is InChI=1S/C34H54NO3/c1-6-8-9-10-11-12-13-14-15-19-24-31-25-20-21-26-32(31)37-33(7-2)38-34(36)29(3)27-35(4,5)28-30-22-17-16-18-23-30/h16-18,20-23,25-26,29,33H,6-15,19,24,27-28H2,1-5H3/q+1. The molecule has 2 rings (SSSR count). The molecule has 4 nitrogen and oxygen atoms in total. The van der Waals surface area contributed by atoms with E-state index >= 15 is 0 Å². The number of hydrogen-bond acceptors (Lipinski definition) is 3. The minimum absolute atomic E-state index is 0.191. The Morgan fingerprint density at radius 3 is 2.00 bits per heavy atom. The molecule has 0 amide bonds. The summed E-state index contributed by atoms with van der Waals surface area (Å²) < 4.78 is 12.8. The topological polar surface area (TPSA) is 35.5 Å². The van der Waals surface area contributed by atoms with Crippen molar-refractivity contribution in [3.63, 3.8) is 0 Å². The Morgan fingerprint density at radius 2 is 1.37 bits per heavy atom.